The first-order valence-corrected chi connectivity index (χ1v) is 7.13. The van der Waals surface area contributed by atoms with Crippen LogP contribution in [0.4, 0.5) is 0 Å². The van der Waals surface area contributed by atoms with E-state index in [9.17, 15) is 4.79 Å². The van der Waals surface area contributed by atoms with Gasteiger partial charge in [0, 0.05) is 26.2 Å². The highest BCUT2D eigenvalue weighted by atomic mass is 16.5. The minimum Gasteiger partial charge on any atom is -0.385 e. The number of hydrogen-bond donors (Lipinski definition) is 3. The second kappa shape index (κ2) is 7.75. The summed E-state index contributed by atoms with van der Waals surface area (Å²) in [5, 5.41) is 2.77. The molecule has 0 aliphatic rings. The van der Waals surface area contributed by atoms with Crippen LogP contribution in [0.1, 0.15) is 30.1 Å². The van der Waals surface area contributed by atoms with Gasteiger partial charge < -0.3 is 20.8 Å². The quantitative estimate of drug-likeness (QED) is 0.479. The first-order valence-electron chi connectivity index (χ1n) is 7.13. The van der Waals surface area contributed by atoms with E-state index in [0.717, 1.165) is 42.7 Å². The number of H-pyrrole nitrogens is 1. The second-order valence-corrected chi connectivity index (χ2v) is 5.02. The zero-order chi connectivity index (χ0) is 15.1. The molecule has 4 N–H and O–H groups in total. The van der Waals surface area contributed by atoms with Gasteiger partial charge in [-0.25, -0.2) is 4.98 Å². The summed E-state index contributed by atoms with van der Waals surface area (Å²) in [6.07, 6.45) is 2.65. The molecule has 0 aliphatic heterocycles. The Hall–Kier alpha value is -1.92. The van der Waals surface area contributed by atoms with Crippen LogP contribution < -0.4 is 11.1 Å². The van der Waals surface area contributed by atoms with Crippen molar-refractivity contribution in [2.75, 3.05) is 20.3 Å². The van der Waals surface area contributed by atoms with Crippen molar-refractivity contribution in [2.45, 2.75) is 25.3 Å². The molecule has 6 nitrogen and oxygen atoms in total. The Morgan fingerprint density at radius 2 is 2.38 bits per heavy atom. The summed E-state index contributed by atoms with van der Waals surface area (Å²) in [7, 11) is 1.70. The maximum atomic E-state index is 10.6. The fraction of sp³-hybridized carbons (Fsp3) is 0.467. The summed E-state index contributed by atoms with van der Waals surface area (Å²) in [6.45, 7) is 1.74. The number of imidazole rings is 1. The van der Waals surface area contributed by atoms with E-state index in [1.54, 1.807) is 7.11 Å². The molecule has 114 valence electrons. The van der Waals surface area contributed by atoms with Gasteiger partial charge in [0.25, 0.3) is 0 Å². The predicted octanol–water partition coefficient (Wildman–Crippen LogP) is 1.28. The molecule has 1 atom stereocenters. The lowest BCUT2D eigenvalue weighted by atomic mass is 9.94. The molecule has 2 aromatic rings. The average molecular weight is 290 g/mol. The number of aromatic amines is 1. The van der Waals surface area contributed by atoms with Crippen molar-refractivity contribution in [1.82, 2.24) is 15.3 Å². The van der Waals surface area contributed by atoms with Crippen molar-refractivity contribution in [1.29, 1.82) is 0 Å². The Balaban J connectivity index is 2.18. The van der Waals surface area contributed by atoms with Crippen LogP contribution in [0.15, 0.2) is 18.2 Å². The molecule has 21 heavy (non-hydrogen) atoms. The van der Waals surface area contributed by atoms with Crippen molar-refractivity contribution in [3.05, 3.63) is 29.6 Å². The highest BCUT2D eigenvalue weighted by molar-refractivity contribution is 5.76. The Morgan fingerprint density at radius 1 is 1.52 bits per heavy atom. The molecule has 0 aliphatic carbocycles. The number of nitrogens with one attached hydrogen (secondary N) is 2. The van der Waals surface area contributed by atoms with Gasteiger partial charge in [-0.1, -0.05) is 6.07 Å². The molecule has 6 heteroatoms. The van der Waals surface area contributed by atoms with Gasteiger partial charge in [-0.15, -0.1) is 0 Å². The van der Waals surface area contributed by atoms with E-state index < -0.39 is 0 Å². The Bertz CT molecular complexity index is 582. The van der Waals surface area contributed by atoms with Crippen molar-refractivity contribution in [3.63, 3.8) is 0 Å². The summed E-state index contributed by atoms with van der Waals surface area (Å²) >= 11 is 0. The highest BCUT2D eigenvalue weighted by Crippen LogP contribution is 2.24. The summed E-state index contributed by atoms with van der Waals surface area (Å²) < 4.78 is 5.10. The number of benzene rings is 1. The molecule has 0 radical (unpaired) electrons. The number of fused-ring (bicyclic) bond motifs is 1. The van der Waals surface area contributed by atoms with Gasteiger partial charge >= 0.3 is 0 Å². The molecule has 1 aromatic heterocycles. The van der Waals surface area contributed by atoms with Crippen LogP contribution in [-0.2, 0) is 16.1 Å². The summed E-state index contributed by atoms with van der Waals surface area (Å²) in [5.41, 5.74) is 8.68. The van der Waals surface area contributed by atoms with Gasteiger partial charge in [0.2, 0.25) is 6.41 Å². The Labute approximate surface area is 124 Å². The third-order valence-corrected chi connectivity index (χ3v) is 3.57. The molecule has 2 rings (SSSR count). The van der Waals surface area contributed by atoms with E-state index in [1.165, 1.54) is 5.56 Å². The molecule has 1 unspecified atom stereocenters. The lowest BCUT2D eigenvalue weighted by molar-refractivity contribution is -0.109. The number of rotatable bonds is 9. The van der Waals surface area contributed by atoms with E-state index in [0.29, 0.717) is 13.1 Å². The molecule has 0 saturated heterocycles. The fourth-order valence-electron chi connectivity index (χ4n) is 2.48. The molecule has 0 spiro atoms. The fourth-order valence-corrected chi connectivity index (χ4v) is 2.48. The van der Waals surface area contributed by atoms with Crippen LogP contribution in [0, 0.1) is 0 Å². The molecule has 1 amide bonds. The zero-order valence-corrected chi connectivity index (χ0v) is 12.3. The van der Waals surface area contributed by atoms with Gasteiger partial charge in [-0.3, -0.25) is 4.79 Å². The Morgan fingerprint density at radius 3 is 3.10 bits per heavy atom. The molecule has 0 saturated carbocycles. The Kier molecular flexibility index (Phi) is 5.71. The van der Waals surface area contributed by atoms with Crippen molar-refractivity contribution in [2.24, 2.45) is 5.73 Å². The molecule has 1 aromatic carbocycles. The maximum absolute atomic E-state index is 10.6. The molecular weight excluding hydrogens is 268 g/mol. The number of nitrogens with zero attached hydrogens (tertiary/aromatic N) is 1. The van der Waals surface area contributed by atoms with E-state index in [1.807, 2.05) is 6.07 Å². The summed E-state index contributed by atoms with van der Waals surface area (Å²) in [4.78, 5) is 18.2. The van der Waals surface area contributed by atoms with Crippen LogP contribution in [0.5, 0.6) is 0 Å². The minimum absolute atomic E-state index is 0.263. The molecule has 0 fully saturated rings. The highest BCUT2D eigenvalue weighted by Gasteiger charge is 2.13. The first-order chi connectivity index (χ1) is 10.3. The number of hydrogen-bond acceptors (Lipinski definition) is 4. The zero-order valence-electron chi connectivity index (χ0n) is 12.3. The average Bonchev–Trinajstić information content (AvgIpc) is 2.93. The maximum Gasteiger partial charge on any atom is 0.207 e. The van der Waals surface area contributed by atoms with Gasteiger partial charge in [-0.2, -0.15) is 0 Å². The van der Waals surface area contributed by atoms with E-state index >= 15 is 0 Å². The summed E-state index contributed by atoms with van der Waals surface area (Å²) in [6, 6.07) is 6.14. The van der Waals surface area contributed by atoms with Crippen molar-refractivity contribution in [3.8, 4) is 0 Å². The molecule has 0 bridgehead atoms. The monoisotopic (exact) mass is 290 g/mol. The third kappa shape index (κ3) is 4.03. The van der Waals surface area contributed by atoms with Crippen LogP contribution in [0.3, 0.4) is 0 Å². The normalized spacial score (nSPS) is 12.5. The number of carbonyl (C=O) groups is 1. The lowest BCUT2D eigenvalue weighted by Gasteiger charge is -2.16. The SMILES string of the molecule is COCCCC(CNC=O)c1ccc2nc(CN)[nH]c2c1. The number of aromatic nitrogens is 2. The van der Waals surface area contributed by atoms with E-state index in [4.69, 9.17) is 10.5 Å². The number of methoxy groups -OCH3 is 1. The standard InChI is InChI=1S/C15H22N4O2/c1-21-6-2-3-12(9-17-10-20)11-4-5-13-14(7-11)19-15(8-16)18-13/h4-5,7,10,12H,2-3,6,8-9,16H2,1H3,(H,17,20)(H,18,19). The number of ether oxygens (including phenoxy) is 1. The summed E-state index contributed by atoms with van der Waals surface area (Å²) in [5.74, 6) is 1.04. The largest absolute Gasteiger partial charge is 0.385 e. The molecular formula is C15H22N4O2. The van der Waals surface area contributed by atoms with Crippen LogP contribution in [0.2, 0.25) is 0 Å². The number of nitrogens with two attached hydrogens (primary N) is 1. The number of amides is 1. The second-order valence-electron chi connectivity index (χ2n) is 5.02. The smallest absolute Gasteiger partial charge is 0.207 e. The topological polar surface area (TPSA) is 93.0 Å². The van der Waals surface area contributed by atoms with Gasteiger partial charge in [-0.05, 0) is 30.5 Å². The van der Waals surface area contributed by atoms with Crippen molar-refractivity contribution < 1.29 is 9.53 Å². The van der Waals surface area contributed by atoms with Gasteiger partial charge in [0.05, 0.1) is 17.6 Å². The minimum atomic E-state index is 0.263. The van der Waals surface area contributed by atoms with E-state index in [2.05, 4.69) is 27.4 Å². The predicted molar refractivity (Wildman–Crippen MR) is 81.9 cm³/mol. The number of carbonyl (C=O) groups excluding carboxylic acids is 1. The van der Waals surface area contributed by atoms with Gasteiger partial charge in [0.15, 0.2) is 0 Å². The van der Waals surface area contributed by atoms with Crippen LogP contribution >= 0.6 is 0 Å². The van der Waals surface area contributed by atoms with Crippen LogP contribution in [0.25, 0.3) is 11.0 Å². The first kappa shape index (κ1) is 15.5. The van der Waals surface area contributed by atoms with Gasteiger partial charge in [0.1, 0.15) is 5.82 Å². The lowest BCUT2D eigenvalue weighted by Crippen LogP contribution is -2.20. The van der Waals surface area contributed by atoms with E-state index in [-0.39, 0.29) is 5.92 Å². The third-order valence-electron chi connectivity index (χ3n) is 3.57. The van der Waals surface area contributed by atoms with Crippen LogP contribution in [-0.4, -0.2) is 36.6 Å². The molecule has 1 heterocycles. The van der Waals surface area contributed by atoms with Crippen molar-refractivity contribution >= 4 is 17.4 Å².